The molecule has 136 valence electrons. The molecule has 0 atom stereocenters. The minimum Gasteiger partial charge on any atom is -0.352 e. The van der Waals surface area contributed by atoms with E-state index in [2.05, 4.69) is 5.32 Å². The maximum atomic E-state index is 12.9. The number of hydrogen-bond acceptors (Lipinski definition) is 3. The van der Waals surface area contributed by atoms with Crippen LogP contribution in [0, 0.1) is 11.7 Å². The van der Waals surface area contributed by atoms with Crippen molar-refractivity contribution in [3.05, 3.63) is 35.6 Å². The van der Waals surface area contributed by atoms with E-state index < -0.39 is 5.54 Å². The van der Waals surface area contributed by atoms with Gasteiger partial charge in [-0.15, -0.1) is 0 Å². The Hall–Kier alpha value is -1.95. The van der Waals surface area contributed by atoms with Crippen LogP contribution in [0.5, 0.6) is 0 Å². The molecule has 1 saturated carbocycles. The van der Waals surface area contributed by atoms with Crippen molar-refractivity contribution in [1.82, 2.24) is 10.2 Å². The summed E-state index contributed by atoms with van der Waals surface area (Å²) in [5, 5.41) is 2.91. The van der Waals surface area contributed by atoms with Crippen LogP contribution in [0.25, 0.3) is 0 Å². The quantitative estimate of drug-likeness (QED) is 0.874. The molecule has 25 heavy (non-hydrogen) atoms. The lowest BCUT2D eigenvalue weighted by molar-refractivity contribution is -0.140. The first-order chi connectivity index (χ1) is 12.0. The van der Waals surface area contributed by atoms with E-state index >= 15 is 0 Å². The highest BCUT2D eigenvalue weighted by molar-refractivity contribution is 5.87. The van der Waals surface area contributed by atoms with Crippen molar-refractivity contribution < 1.29 is 14.0 Å². The SMILES string of the molecule is NC1(C(=O)N2CCC(C(=O)NCc3ccc(F)cc3)CC2)CCCC1. The van der Waals surface area contributed by atoms with Crippen molar-refractivity contribution in [3.63, 3.8) is 0 Å². The molecule has 1 aliphatic heterocycles. The fourth-order valence-electron chi connectivity index (χ4n) is 3.82. The summed E-state index contributed by atoms with van der Waals surface area (Å²) in [4.78, 5) is 26.8. The minimum atomic E-state index is -0.683. The molecule has 5 nitrogen and oxygen atoms in total. The normalized spacial score (nSPS) is 20.5. The van der Waals surface area contributed by atoms with E-state index in [1.807, 2.05) is 4.90 Å². The molecule has 0 spiro atoms. The third-order valence-corrected chi connectivity index (χ3v) is 5.45. The van der Waals surface area contributed by atoms with Gasteiger partial charge in [-0.3, -0.25) is 9.59 Å². The zero-order valence-corrected chi connectivity index (χ0v) is 14.5. The lowest BCUT2D eigenvalue weighted by Crippen LogP contribution is -2.55. The maximum absolute atomic E-state index is 12.9. The zero-order chi connectivity index (χ0) is 17.9. The lowest BCUT2D eigenvalue weighted by Gasteiger charge is -2.36. The molecule has 1 heterocycles. The first-order valence-electron chi connectivity index (χ1n) is 9.08. The Kier molecular flexibility index (Phi) is 5.37. The van der Waals surface area contributed by atoms with Crippen molar-refractivity contribution in [2.24, 2.45) is 11.7 Å². The number of hydrogen-bond donors (Lipinski definition) is 2. The average molecular weight is 347 g/mol. The number of amides is 2. The van der Waals surface area contributed by atoms with Gasteiger partial charge < -0.3 is 16.0 Å². The van der Waals surface area contributed by atoms with E-state index in [4.69, 9.17) is 5.73 Å². The van der Waals surface area contributed by atoms with Crippen LogP contribution in [0.15, 0.2) is 24.3 Å². The largest absolute Gasteiger partial charge is 0.352 e. The molecule has 1 saturated heterocycles. The standard InChI is InChI=1S/C19H26FN3O2/c20-16-5-3-14(4-6-16)13-22-17(24)15-7-11-23(12-8-15)18(25)19(21)9-1-2-10-19/h3-6,15H,1-2,7-13,21H2,(H,22,24). The first kappa shape index (κ1) is 17.9. The molecule has 2 amide bonds. The summed E-state index contributed by atoms with van der Waals surface area (Å²) in [6, 6.07) is 6.10. The van der Waals surface area contributed by atoms with Crippen LogP contribution in [0.4, 0.5) is 4.39 Å². The molecule has 6 heteroatoms. The molecular weight excluding hydrogens is 321 g/mol. The number of carbonyl (C=O) groups is 2. The number of rotatable bonds is 4. The van der Waals surface area contributed by atoms with Gasteiger partial charge in [0.15, 0.2) is 0 Å². The Morgan fingerprint density at radius 3 is 2.36 bits per heavy atom. The lowest BCUT2D eigenvalue weighted by atomic mass is 9.92. The number of nitrogens with one attached hydrogen (secondary N) is 1. The van der Waals surface area contributed by atoms with Crippen LogP contribution in [0.1, 0.15) is 44.1 Å². The van der Waals surface area contributed by atoms with Crippen molar-refractivity contribution >= 4 is 11.8 Å². The fraction of sp³-hybridized carbons (Fsp3) is 0.579. The van der Waals surface area contributed by atoms with Gasteiger partial charge in [-0.25, -0.2) is 4.39 Å². The van der Waals surface area contributed by atoms with Gasteiger partial charge in [0.2, 0.25) is 11.8 Å². The van der Waals surface area contributed by atoms with Gasteiger partial charge in [-0.05, 0) is 43.4 Å². The van der Waals surface area contributed by atoms with Crippen LogP contribution in [0.2, 0.25) is 0 Å². The average Bonchev–Trinajstić information content (AvgIpc) is 3.08. The van der Waals surface area contributed by atoms with Crippen LogP contribution in [0.3, 0.4) is 0 Å². The van der Waals surface area contributed by atoms with Gasteiger partial charge in [0, 0.05) is 25.6 Å². The van der Waals surface area contributed by atoms with Crippen LogP contribution in [-0.4, -0.2) is 35.3 Å². The number of carbonyl (C=O) groups excluding carboxylic acids is 2. The van der Waals surface area contributed by atoms with E-state index in [1.165, 1.54) is 12.1 Å². The Labute approximate surface area is 147 Å². The summed E-state index contributed by atoms with van der Waals surface area (Å²) in [6.07, 6.45) is 4.90. The molecule has 2 fully saturated rings. The molecule has 0 aromatic heterocycles. The van der Waals surface area contributed by atoms with Gasteiger partial charge >= 0.3 is 0 Å². The van der Waals surface area contributed by atoms with Crippen LogP contribution < -0.4 is 11.1 Å². The Bertz CT molecular complexity index is 618. The fourth-order valence-corrected chi connectivity index (χ4v) is 3.82. The summed E-state index contributed by atoms with van der Waals surface area (Å²) >= 11 is 0. The van der Waals surface area contributed by atoms with Crippen LogP contribution in [-0.2, 0) is 16.1 Å². The monoisotopic (exact) mass is 347 g/mol. The van der Waals surface area contributed by atoms with Gasteiger partial charge in [-0.2, -0.15) is 0 Å². The van der Waals surface area contributed by atoms with E-state index in [0.29, 0.717) is 32.5 Å². The summed E-state index contributed by atoms with van der Waals surface area (Å²) in [5.41, 5.74) is 6.44. The van der Waals surface area contributed by atoms with Crippen molar-refractivity contribution in [1.29, 1.82) is 0 Å². The van der Waals surface area contributed by atoms with E-state index in [1.54, 1.807) is 12.1 Å². The van der Waals surface area contributed by atoms with Crippen molar-refractivity contribution in [3.8, 4) is 0 Å². The van der Waals surface area contributed by atoms with E-state index in [-0.39, 0.29) is 23.5 Å². The summed E-state index contributed by atoms with van der Waals surface area (Å²) < 4.78 is 12.9. The van der Waals surface area contributed by atoms with Gasteiger partial charge in [-0.1, -0.05) is 25.0 Å². The molecule has 0 unspecified atom stereocenters. The molecule has 3 rings (SSSR count). The first-order valence-corrected chi connectivity index (χ1v) is 9.08. The number of benzene rings is 1. The molecule has 1 aliphatic carbocycles. The second-order valence-electron chi connectivity index (χ2n) is 7.27. The highest BCUT2D eigenvalue weighted by atomic mass is 19.1. The molecule has 3 N–H and O–H groups in total. The number of piperidine rings is 1. The summed E-state index contributed by atoms with van der Waals surface area (Å²) in [5.74, 6) is -0.316. The molecule has 1 aromatic rings. The van der Waals surface area contributed by atoms with Gasteiger partial charge in [0.25, 0.3) is 0 Å². The highest BCUT2D eigenvalue weighted by Gasteiger charge is 2.41. The molecule has 2 aliphatic rings. The highest BCUT2D eigenvalue weighted by Crippen LogP contribution is 2.30. The summed E-state index contributed by atoms with van der Waals surface area (Å²) in [7, 11) is 0. The predicted octanol–water partition coefficient (Wildman–Crippen LogP) is 1.95. The topological polar surface area (TPSA) is 75.4 Å². The number of nitrogens with two attached hydrogens (primary N) is 1. The van der Waals surface area contributed by atoms with E-state index in [0.717, 1.165) is 31.2 Å². The molecule has 0 bridgehead atoms. The number of halogens is 1. The second kappa shape index (κ2) is 7.52. The van der Waals surface area contributed by atoms with Crippen molar-refractivity contribution in [2.45, 2.75) is 50.6 Å². The zero-order valence-electron chi connectivity index (χ0n) is 14.5. The number of nitrogens with zero attached hydrogens (tertiary/aromatic N) is 1. The third-order valence-electron chi connectivity index (χ3n) is 5.45. The molecule has 1 aromatic carbocycles. The maximum Gasteiger partial charge on any atom is 0.242 e. The summed E-state index contributed by atoms with van der Waals surface area (Å²) in [6.45, 7) is 1.57. The Balaban J connectivity index is 1.46. The smallest absolute Gasteiger partial charge is 0.242 e. The Morgan fingerprint density at radius 1 is 1.16 bits per heavy atom. The predicted molar refractivity (Wildman–Crippen MR) is 92.9 cm³/mol. The number of likely N-dealkylation sites (tertiary alicyclic amines) is 1. The van der Waals surface area contributed by atoms with Crippen LogP contribution >= 0.6 is 0 Å². The minimum absolute atomic E-state index is 0.000230. The molecule has 0 radical (unpaired) electrons. The Morgan fingerprint density at radius 2 is 1.76 bits per heavy atom. The third kappa shape index (κ3) is 4.18. The van der Waals surface area contributed by atoms with Gasteiger partial charge in [0.1, 0.15) is 5.82 Å². The molecular formula is C19H26FN3O2. The second-order valence-corrected chi connectivity index (χ2v) is 7.27. The van der Waals surface area contributed by atoms with Gasteiger partial charge in [0.05, 0.1) is 5.54 Å². The van der Waals surface area contributed by atoms with E-state index in [9.17, 15) is 14.0 Å². The van der Waals surface area contributed by atoms with Crippen molar-refractivity contribution in [2.75, 3.05) is 13.1 Å².